The molecule has 60 heavy (non-hydrogen) atoms. The van der Waals surface area contributed by atoms with Crippen molar-refractivity contribution in [2.45, 2.75) is 136 Å². The van der Waals surface area contributed by atoms with Gasteiger partial charge in [0.1, 0.15) is 40.5 Å². The zero-order chi connectivity index (χ0) is 43.1. The fourth-order valence-electron chi connectivity index (χ4n) is 7.92. The highest BCUT2D eigenvalue weighted by Crippen LogP contribution is 2.32. The summed E-state index contributed by atoms with van der Waals surface area (Å²) in [6.45, 7) is 19.8. The van der Waals surface area contributed by atoms with E-state index in [1.54, 1.807) is 18.6 Å². The summed E-state index contributed by atoms with van der Waals surface area (Å²) in [7, 11) is 2.80. The van der Waals surface area contributed by atoms with Crippen molar-refractivity contribution >= 4 is 42.2 Å². The van der Waals surface area contributed by atoms with Crippen molar-refractivity contribution in [1.29, 1.82) is 0 Å². The van der Waals surface area contributed by atoms with E-state index in [4.69, 9.17) is 29.9 Å². The number of rotatable bonds is 9. The average molecular weight is 835 g/mol. The predicted molar refractivity (Wildman–Crippen MR) is 238 cm³/mol. The zero-order valence-electron chi connectivity index (χ0n) is 37.3. The fourth-order valence-corrected chi connectivity index (χ4v) is 8.68. The maximum absolute atomic E-state index is 13.2. The molecule has 8 rings (SSSR count). The SMILES string of the molecule is Cn1nc(-c2cnc3[nH]cc(C(=O)NC(C)(C)C)c3n2)c2c1CCCC2.Cn1nc(-c2cnc3c(n2)c(C(=O)NC(C)(C)C)cn3COCC[Si](C)(C)C)c2c1CCCC2. The third-order valence-electron chi connectivity index (χ3n) is 10.9. The van der Waals surface area contributed by atoms with Gasteiger partial charge in [0, 0.05) is 74.8 Å². The molecule has 0 aliphatic heterocycles. The highest BCUT2D eigenvalue weighted by Gasteiger charge is 2.27. The Morgan fingerprint density at radius 2 is 1.27 bits per heavy atom. The Morgan fingerprint density at radius 3 is 1.82 bits per heavy atom. The number of amides is 2. The van der Waals surface area contributed by atoms with Crippen molar-refractivity contribution in [3.63, 3.8) is 0 Å². The first kappa shape index (κ1) is 42.9. The number of hydrogen-bond donors (Lipinski definition) is 3. The van der Waals surface area contributed by atoms with E-state index in [1.165, 1.54) is 41.8 Å². The topological polar surface area (TPSA) is 175 Å². The standard InChI is InChI=1S/C25H38N6O2Si.C19H24N6O/c1-25(2,3)28-24(32)18-15-31(16-33-12-13-34(5,6)7)23-22(18)27-19(14-26-23)21-17-10-8-9-11-20(17)30(4)29-21;1-19(2,3)23-18(26)12-9-20-17-16(12)22-13(10-21-17)15-11-7-5-6-8-14(11)25(4)24-15/h14-15H,8-13,16H2,1-7H3,(H,28,32);9-10H,5-8H2,1-4H3,(H,20,21)(H,23,26). The maximum Gasteiger partial charge on any atom is 0.255 e. The van der Waals surface area contributed by atoms with Crippen molar-refractivity contribution in [2.75, 3.05) is 6.61 Å². The van der Waals surface area contributed by atoms with Gasteiger partial charge < -0.3 is 24.9 Å². The minimum atomic E-state index is -1.18. The lowest BCUT2D eigenvalue weighted by Crippen LogP contribution is -2.40. The average Bonchev–Trinajstić information content (AvgIpc) is 3.94. The molecular formula is C44H62N12O3Si. The third-order valence-corrected chi connectivity index (χ3v) is 12.6. The quantitative estimate of drug-likeness (QED) is 0.0996. The van der Waals surface area contributed by atoms with Crippen LogP contribution in [0.3, 0.4) is 0 Å². The van der Waals surface area contributed by atoms with Crippen LogP contribution in [0.15, 0.2) is 24.8 Å². The van der Waals surface area contributed by atoms with Crippen LogP contribution in [0.25, 0.3) is 45.1 Å². The van der Waals surface area contributed by atoms with Gasteiger partial charge in [-0.3, -0.25) is 19.0 Å². The molecule has 6 aromatic heterocycles. The molecule has 0 aromatic carbocycles. The van der Waals surface area contributed by atoms with Crippen LogP contribution in [0, 0.1) is 0 Å². The first-order valence-electron chi connectivity index (χ1n) is 21.3. The number of fused-ring (bicyclic) bond motifs is 4. The normalized spacial score (nSPS) is 14.4. The summed E-state index contributed by atoms with van der Waals surface area (Å²) in [6.07, 6.45) is 15.8. The molecule has 0 spiro atoms. The molecule has 15 nitrogen and oxygen atoms in total. The van der Waals surface area contributed by atoms with Crippen LogP contribution in [0.1, 0.15) is 110 Å². The highest BCUT2D eigenvalue weighted by atomic mass is 28.3. The molecule has 0 saturated heterocycles. The molecule has 0 bridgehead atoms. The predicted octanol–water partition coefficient (Wildman–Crippen LogP) is 7.32. The van der Waals surface area contributed by atoms with E-state index in [-0.39, 0.29) is 22.9 Å². The maximum atomic E-state index is 13.2. The molecule has 0 unspecified atom stereocenters. The lowest BCUT2D eigenvalue weighted by Gasteiger charge is -2.20. The van der Waals surface area contributed by atoms with Crippen molar-refractivity contribution in [3.05, 3.63) is 58.4 Å². The molecule has 3 N–H and O–H groups in total. The fraction of sp³-hybridized carbons (Fsp3) is 0.545. The van der Waals surface area contributed by atoms with Crippen LogP contribution in [0.4, 0.5) is 0 Å². The van der Waals surface area contributed by atoms with E-state index >= 15 is 0 Å². The number of hydrogen-bond acceptors (Lipinski definition) is 9. The Hall–Kier alpha value is -5.22. The lowest BCUT2D eigenvalue weighted by molar-refractivity contribution is 0.0884. The number of carbonyl (C=O) groups is 2. The van der Waals surface area contributed by atoms with Gasteiger partial charge in [-0.05, 0) is 99.0 Å². The van der Waals surface area contributed by atoms with E-state index in [1.807, 2.05) is 75.8 Å². The summed E-state index contributed by atoms with van der Waals surface area (Å²) in [5.41, 5.74) is 11.1. The smallest absolute Gasteiger partial charge is 0.255 e. The van der Waals surface area contributed by atoms with Crippen molar-refractivity contribution < 1.29 is 14.3 Å². The summed E-state index contributed by atoms with van der Waals surface area (Å²) in [5.74, 6) is -0.314. The Kier molecular flexibility index (Phi) is 11.9. The van der Waals surface area contributed by atoms with E-state index in [9.17, 15) is 9.59 Å². The van der Waals surface area contributed by atoms with E-state index < -0.39 is 8.07 Å². The molecule has 0 saturated carbocycles. The minimum Gasteiger partial charge on any atom is -0.361 e. The van der Waals surface area contributed by atoms with Gasteiger partial charge in [0.25, 0.3) is 11.8 Å². The second-order valence-electron chi connectivity index (χ2n) is 19.6. The lowest BCUT2D eigenvalue weighted by atomic mass is 9.95. The number of nitrogens with zero attached hydrogens (tertiary/aromatic N) is 9. The molecule has 0 fully saturated rings. The second kappa shape index (κ2) is 16.7. The first-order chi connectivity index (χ1) is 28.3. The number of aromatic nitrogens is 10. The Balaban J connectivity index is 0.000000188. The largest absolute Gasteiger partial charge is 0.361 e. The van der Waals surface area contributed by atoms with E-state index in [0.717, 1.165) is 55.2 Å². The number of H-pyrrole nitrogens is 1. The molecular weight excluding hydrogens is 773 g/mol. The van der Waals surface area contributed by atoms with Crippen LogP contribution < -0.4 is 10.6 Å². The summed E-state index contributed by atoms with van der Waals surface area (Å²) in [5, 5.41) is 15.5. The van der Waals surface area contributed by atoms with E-state index in [0.29, 0.717) is 52.5 Å². The number of aromatic amines is 1. The molecule has 2 amide bonds. The van der Waals surface area contributed by atoms with Crippen LogP contribution in [-0.2, 0) is 51.2 Å². The molecule has 0 atom stereocenters. The molecule has 2 aliphatic carbocycles. The van der Waals surface area contributed by atoms with Gasteiger partial charge in [0.2, 0.25) is 0 Å². The number of aryl methyl sites for hydroxylation is 2. The molecule has 6 aromatic rings. The zero-order valence-corrected chi connectivity index (χ0v) is 38.3. The summed E-state index contributed by atoms with van der Waals surface area (Å²) < 4.78 is 11.8. The Morgan fingerprint density at radius 1 is 0.750 bits per heavy atom. The van der Waals surface area contributed by atoms with Gasteiger partial charge in [-0.25, -0.2) is 19.9 Å². The van der Waals surface area contributed by atoms with Gasteiger partial charge in [-0.2, -0.15) is 10.2 Å². The Bertz CT molecular complexity index is 2540. The molecule has 6 heterocycles. The Labute approximate surface area is 353 Å². The van der Waals surface area contributed by atoms with Gasteiger partial charge in [0.15, 0.2) is 11.3 Å². The third kappa shape index (κ3) is 9.54. The van der Waals surface area contributed by atoms with Gasteiger partial charge in [-0.1, -0.05) is 19.6 Å². The van der Waals surface area contributed by atoms with Crippen LogP contribution in [-0.4, -0.2) is 86.6 Å². The summed E-state index contributed by atoms with van der Waals surface area (Å²) in [6, 6.07) is 1.09. The van der Waals surface area contributed by atoms with Crippen molar-refractivity contribution in [3.8, 4) is 22.8 Å². The molecule has 16 heteroatoms. The van der Waals surface area contributed by atoms with Crippen LogP contribution in [0.5, 0.6) is 0 Å². The second-order valence-corrected chi connectivity index (χ2v) is 25.2. The molecule has 0 radical (unpaired) electrons. The monoisotopic (exact) mass is 834 g/mol. The molecule has 2 aliphatic rings. The van der Waals surface area contributed by atoms with Crippen molar-refractivity contribution in [1.82, 2.24) is 59.7 Å². The number of nitrogens with one attached hydrogen (secondary N) is 3. The summed E-state index contributed by atoms with van der Waals surface area (Å²) in [4.78, 5) is 47.7. The number of carbonyl (C=O) groups excluding carboxylic acids is 2. The van der Waals surface area contributed by atoms with Crippen molar-refractivity contribution in [2.24, 2.45) is 14.1 Å². The van der Waals surface area contributed by atoms with Crippen LogP contribution >= 0.6 is 0 Å². The minimum absolute atomic E-state index is 0.154. The van der Waals surface area contributed by atoms with Gasteiger partial charge >= 0.3 is 0 Å². The van der Waals surface area contributed by atoms with E-state index in [2.05, 4.69) is 40.2 Å². The van der Waals surface area contributed by atoms with Gasteiger partial charge in [-0.15, -0.1) is 0 Å². The first-order valence-corrected chi connectivity index (χ1v) is 25.0. The number of ether oxygens (including phenoxy) is 1. The summed E-state index contributed by atoms with van der Waals surface area (Å²) >= 11 is 0. The van der Waals surface area contributed by atoms with Crippen LogP contribution in [0.2, 0.25) is 25.7 Å². The highest BCUT2D eigenvalue weighted by molar-refractivity contribution is 6.76. The van der Waals surface area contributed by atoms with Gasteiger partial charge in [0.05, 0.1) is 23.5 Å². The molecule has 320 valence electrons.